The van der Waals surface area contributed by atoms with Crippen molar-refractivity contribution in [2.24, 2.45) is 0 Å². The lowest BCUT2D eigenvalue weighted by atomic mass is 10.1. The summed E-state index contributed by atoms with van der Waals surface area (Å²) in [6.45, 7) is 2.05. The van der Waals surface area contributed by atoms with Crippen LogP contribution in [0.4, 0.5) is 5.69 Å². The predicted molar refractivity (Wildman–Crippen MR) is 68.5 cm³/mol. The highest BCUT2D eigenvalue weighted by Gasteiger charge is 2.10. The van der Waals surface area contributed by atoms with Gasteiger partial charge in [0.25, 0.3) is 0 Å². The zero-order valence-corrected chi connectivity index (χ0v) is 10.4. The van der Waals surface area contributed by atoms with Gasteiger partial charge in [-0.25, -0.2) is 0 Å². The van der Waals surface area contributed by atoms with E-state index in [2.05, 4.69) is 0 Å². The number of nitrogen functional groups attached to an aromatic ring is 1. The smallest absolute Gasteiger partial charge is 0.222 e. The summed E-state index contributed by atoms with van der Waals surface area (Å²) >= 11 is 0. The second-order valence-corrected chi connectivity index (χ2v) is 4.36. The summed E-state index contributed by atoms with van der Waals surface area (Å²) in [6, 6.07) is 7.52. The second-order valence-electron chi connectivity index (χ2n) is 4.36. The monoisotopic (exact) mass is 236 g/mol. The van der Waals surface area contributed by atoms with Crippen LogP contribution in [0.5, 0.6) is 0 Å². The van der Waals surface area contributed by atoms with E-state index >= 15 is 0 Å². The second kappa shape index (κ2) is 6.25. The molecule has 4 heteroatoms. The Bertz CT molecular complexity index is 360. The molecule has 1 rings (SSSR count). The molecule has 4 nitrogen and oxygen atoms in total. The number of anilines is 1. The van der Waals surface area contributed by atoms with Gasteiger partial charge in [0.15, 0.2) is 0 Å². The summed E-state index contributed by atoms with van der Waals surface area (Å²) in [6.07, 6.45) is 0.664. The zero-order chi connectivity index (χ0) is 12.8. The summed E-state index contributed by atoms with van der Waals surface area (Å²) in [5.41, 5.74) is 7.41. The molecule has 0 aromatic heterocycles. The van der Waals surface area contributed by atoms with Crippen molar-refractivity contribution in [2.45, 2.75) is 25.9 Å². The van der Waals surface area contributed by atoms with E-state index in [0.29, 0.717) is 19.4 Å². The highest BCUT2D eigenvalue weighted by Crippen LogP contribution is 2.08. The van der Waals surface area contributed by atoms with E-state index in [1.54, 1.807) is 18.9 Å². The Balaban J connectivity index is 2.40. The van der Waals surface area contributed by atoms with Crippen LogP contribution in [0.25, 0.3) is 0 Å². The van der Waals surface area contributed by atoms with Gasteiger partial charge in [-0.05, 0) is 31.0 Å². The Morgan fingerprint density at radius 2 is 2.00 bits per heavy atom. The number of carbonyl (C=O) groups excluding carboxylic acids is 1. The Labute approximate surface area is 102 Å². The van der Waals surface area contributed by atoms with Crippen LogP contribution in [0.15, 0.2) is 24.3 Å². The van der Waals surface area contributed by atoms with Gasteiger partial charge in [-0.15, -0.1) is 0 Å². The fourth-order valence-electron chi connectivity index (χ4n) is 1.62. The van der Waals surface area contributed by atoms with Gasteiger partial charge in [-0.1, -0.05) is 12.1 Å². The molecule has 17 heavy (non-hydrogen) atoms. The van der Waals surface area contributed by atoms with E-state index in [0.717, 1.165) is 11.3 Å². The van der Waals surface area contributed by atoms with E-state index in [1.807, 2.05) is 24.3 Å². The molecule has 0 saturated heterocycles. The van der Waals surface area contributed by atoms with Gasteiger partial charge in [-0.3, -0.25) is 4.79 Å². The van der Waals surface area contributed by atoms with Crippen LogP contribution in [0.2, 0.25) is 0 Å². The van der Waals surface area contributed by atoms with Crippen LogP contribution >= 0.6 is 0 Å². The van der Waals surface area contributed by atoms with Gasteiger partial charge >= 0.3 is 0 Å². The molecule has 0 aliphatic rings. The van der Waals surface area contributed by atoms with Crippen LogP contribution in [0, 0.1) is 0 Å². The minimum absolute atomic E-state index is 0.0442. The number of benzene rings is 1. The largest absolute Gasteiger partial charge is 0.399 e. The van der Waals surface area contributed by atoms with Crippen LogP contribution in [0.1, 0.15) is 18.9 Å². The SMILES string of the molecule is CC(O)CN(C)C(=O)CCc1ccc(N)cc1. The standard InChI is InChI=1S/C13H20N2O2/c1-10(16)9-15(2)13(17)8-5-11-3-6-12(14)7-4-11/h3-4,6-7,10,16H,5,8-9,14H2,1-2H3. The summed E-state index contributed by atoms with van der Waals surface area (Å²) in [5.74, 6) is 0.0442. The van der Waals surface area contributed by atoms with E-state index in [-0.39, 0.29) is 5.91 Å². The first-order valence-electron chi connectivity index (χ1n) is 5.75. The molecule has 94 valence electrons. The molecule has 0 bridgehead atoms. The summed E-state index contributed by atoms with van der Waals surface area (Å²) in [7, 11) is 1.71. The maximum absolute atomic E-state index is 11.7. The summed E-state index contributed by atoms with van der Waals surface area (Å²) in [5, 5.41) is 9.18. The van der Waals surface area contributed by atoms with E-state index in [1.165, 1.54) is 0 Å². The first-order chi connectivity index (χ1) is 7.99. The van der Waals surface area contributed by atoms with E-state index in [4.69, 9.17) is 5.73 Å². The molecular weight excluding hydrogens is 216 g/mol. The lowest BCUT2D eigenvalue weighted by Gasteiger charge is -2.18. The molecule has 0 fully saturated rings. The van der Waals surface area contributed by atoms with Crippen LogP contribution < -0.4 is 5.73 Å². The molecule has 3 N–H and O–H groups in total. The molecule has 1 aromatic carbocycles. The normalized spacial score (nSPS) is 12.2. The average molecular weight is 236 g/mol. The van der Waals surface area contributed by atoms with E-state index in [9.17, 15) is 9.90 Å². The number of hydrogen-bond donors (Lipinski definition) is 2. The molecule has 1 amide bonds. The van der Waals surface area contributed by atoms with Gasteiger partial charge in [0.2, 0.25) is 5.91 Å². The third-order valence-electron chi connectivity index (χ3n) is 2.57. The topological polar surface area (TPSA) is 66.6 Å². The van der Waals surface area contributed by atoms with Crippen molar-refractivity contribution in [2.75, 3.05) is 19.3 Å². The number of hydrogen-bond acceptors (Lipinski definition) is 3. The lowest BCUT2D eigenvalue weighted by molar-refractivity contribution is -0.131. The third-order valence-corrected chi connectivity index (χ3v) is 2.57. The number of nitrogens with two attached hydrogens (primary N) is 1. The highest BCUT2D eigenvalue weighted by molar-refractivity contribution is 5.76. The third kappa shape index (κ3) is 4.87. The number of amides is 1. The zero-order valence-electron chi connectivity index (χ0n) is 10.4. The fourth-order valence-corrected chi connectivity index (χ4v) is 1.62. The van der Waals surface area contributed by atoms with Gasteiger partial charge in [0.05, 0.1) is 6.10 Å². The summed E-state index contributed by atoms with van der Waals surface area (Å²) in [4.78, 5) is 13.3. The fraction of sp³-hybridized carbons (Fsp3) is 0.462. The summed E-state index contributed by atoms with van der Waals surface area (Å²) < 4.78 is 0. The maximum atomic E-state index is 11.7. The molecule has 0 saturated carbocycles. The van der Waals surface area contributed by atoms with Crippen molar-refractivity contribution in [3.8, 4) is 0 Å². The Morgan fingerprint density at radius 3 is 2.53 bits per heavy atom. The molecule has 0 heterocycles. The first-order valence-corrected chi connectivity index (χ1v) is 5.75. The van der Waals surface area contributed by atoms with Gasteiger partial charge in [0, 0.05) is 25.7 Å². The van der Waals surface area contributed by atoms with Crippen molar-refractivity contribution in [1.29, 1.82) is 0 Å². The minimum atomic E-state index is -0.486. The number of likely N-dealkylation sites (N-methyl/N-ethyl adjacent to an activating group) is 1. The van der Waals surface area contributed by atoms with E-state index < -0.39 is 6.10 Å². The Hall–Kier alpha value is -1.55. The number of rotatable bonds is 5. The molecule has 1 unspecified atom stereocenters. The minimum Gasteiger partial charge on any atom is -0.399 e. The van der Waals surface area contributed by atoms with Gasteiger partial charge in [0.1, 0.15) is 0 Å². The molecule has 0 aliphatic heterocycles. The van der Waals surface area contributed by atoms with Gasteiger partial charge < -0.3 is 15.7 Å². The van der Waals surface area contributed by atoms with Crippen LogP contribution in [0.3, 0.4) is 0 Å². The number of carbonyl (C=O) groups is 1. The molecule has 0 radical (unpaired) electrons. The van der Waals surface area contributed by atoms with Gasteiger partial charge in [-0.2, -0.15) is 0 Å². The maximum Gasteiger partial charge on any atom is 0.222 e. The Kier molecular flexibility index (Phi) is 4.97. The average Bonchev–Trinajstić information content (AvgIpc) is 2.27. The van der Waals surface area contributed by atoms with Crippen molar-refractivity contribution in [3.05, 3.63) is 29.8 Å². The molecule has 0 aliphatic carbocycles. The van der Waals surface area contributed by atoms with Crippen molar-refractivity contribution >= 4 is 11.6 Å². The number of nitrogens with zero attached hydrogens (tertiary/aromatic N) is 1. The molecule has 1 aromatic rings. The van der Waals surface area contributed by atoms with Crippen LogP contribution in [-0.4, -0.2) is 35.6 Å². The lowest BCUT2D eigenvalue weighted by Crippen LogP contribution is -2.33. The number of aryl methyl sites for hydroxylation is 1. The molecule has 1 atom stereocenters. The highest BCUT2D eigenvalue weighted by atomic mass is 16.3. The predicted octanol–water partition coefficient (Wildman–Crippen LogP) is 1.04. The first kappa shape index (κ1) is 13.5. The van der Waals surface area contributed by atoms with Crippen LogP contribution in [-0.2, 0) is 11.2 Å². The van der Waals surface area contributed by atoms with Crippen molar-refractivity contribution in [3.63, 3.8) is 0 Å². The quantitative estimate of drug-likeness (QED) is 0.751. The Morgan fingerprint density at radius 1 is 1.41 bits per heavy atom. The number of aliphatic hydroxyl groups is 1. The van der Waals surface area contributed by atoms with Crippen molar-refractivity contribution < 1.29 is 9.90 Å². The molecule has 0 spiro atoms. The number of aliphatic hydroxyl groups excluding tert-OH is 1. The molecular formula is C13H20N2O2. The van der Waals surface area contributed by atoms with Crippen molar-refractivity contribution in [1.82, 2.24) is 4.90 Å².